The lowest BCUT2D eigenvalue weighted by atomic mass is 10.2. The van der Waals surface area contributed by atoms with E-state index in [4.69, 9.17) is 9.84 Å². The number of nitro benzene ring substituents is 1. The molecule has 0 aliphatic carbocycles. The molecule has 1 rings (SSSR count). The van der Waals surface area contributed by atoms with Gasteiger partial charge in [0.25, 0.3) is 5.69 Å². The molecule has 0 radical (unpaired) electrons. The third kappa shape index (κ3) is 4.58. The maximum Gasteiger partial charge on any atom is 0.275 e. The molecule has 0 unspecified atom stereocenters. The SMILES string of the molecule is COc1cc(NCCCCCO)cc([N+](=O)[O-])c1. The number of benzene rings is 1. The van der Waals surface area contributed by atoms with Gasteiger partial charge in [-0.25, -0.2) is 0 Å². The molecule has 0 amide bonds. The normalized spacial score (nSPS) is 10.1. The highest BCUT2D eigenvalue weighted by Crippen LogP contribution is 2.25. The van der Waals surface area contributed by atoms with Gasteiger partial charge in [-0.1, -0.05) is 0 Å². The zero-order valence-electron chi connectivity index (χ0n) is 10.4. The van der Waals surface area contributed by atoms with Crippen molar-refractivity contribution in [3.05, 3.63) is 28.3 Å². The summed E-state index contributed by atoms with van der Waals surface area (Å²) in [5.41, 5.74) is 0.678. The van der Waals surface area contributed by atoms with Crippen LogP contribution in [-0.4, -0.2) is 30.3 Å². The molecule has 0 heterocycles. The predicted octanol–water partition coefficient (Wildman–Crippen LogP) is 2.18. The Labute approximate surface area is 106 Å². The van der Waals surface area contributed by atoms with Crippen LogP contribution in [0.2, 0.25) is 0 Å². The van der Waals surface area contributed by atoms with Crippen molar-refractivity contribution in [1.29, 1.82) is 0 Å². The number of aliphatic hydroxyl groups is 1. The fraction of sp³-hybridized carbons (Fsp3) is 0.500. The third-order valence-electron chi connectivity index (χ3n) is 2.50. The van der Waals surface area contributed by atoms with Gasteiger partial charge in [-0.2, -0.15) is 0 Å². The van der Waals surface area contributed by atoms with Crippen molar-refractivity contribution in [3.63, 3.8) is 0 Å². The Bertz CT molecular complexity index is 396. The average molecular weight is 254 g/mol. The van der Waals surface area contributed by atoms with Crippen molar-refractivity contribution in [2.24, 2.45) is 0 Å². The van der Waals surface area contributed by atoms with Crippen LogP contribution in [0.25, 0.3) is 0 Å². The number of aliphatic hydroxyl groups excluding tert-OH is 1. The van der Waals surface area contributed by atoms with E-state index < -0.39 is 4.92 Å². The van der Waals surface area contributed by atoms with Crippen molar-refractivity contribution in [2.75, 3.05) is 25.6 Å². The molecule has 2 N–H and O–H groups in total. The number of nitrogens with one attached hydrogen (secondary N) is 1. The molecule has 1 aromatic carbocycles. The predicted molar refractivity (Wildman–Crippen MR) is 69.1 cm³/mol. The molecule has 6 nitrogen and oxygen atoms in total. The molecule has 0 aromatic heterocycles. The van der Waals surface area contributed by atoms with Gasteiger partial charge in [-0.05, 0) is 19.3 Å². The maximum absolute atomic E-state index is 10.7. The summed E-state index contributed by atoms with van der Waals surface area (Å²) in [7, 11) is 1.48. The molecule has 1 aromatic rings. The summed E-state index contributed by atoms with van der Waals surface area (Å²) in [6, 6.07) is 4.59. The Morgan fingerprint density at radius 1 is 1.33 bits per heavy atom. The maximum atomic E-state index is 10.7. The van der Waals surface area contributed by atoms with E-state index in [9.17, 15) is 10.1 Å². The highest BCUT2D eigenvalue weighted by Gasteiger charge is 2.09. The van der Waals surface area contributed by atoms with Gasteiger partial charge in [0.2, 0.25) is 0 Å². The van der Waals surface area contributed by atoms with Gasteiger partial charge in [-0.15, -0.1) is 0 Å². The Kier molecular flexibility index (Phi) is 5.93. The zero-order chi connectivity index (χ0) is 13.4. The van der Waals surface area contributed by atoms with Gasteiger partial charge in [0.05, 0.1) is 18.1 Å². The number of anilines is 1. The van der Waals surface area contributed by atoms with Crippen LogP contribution in [-0.2, 0) is 0 Å². The highest BCUT2D eigenvalue weighted by atomic mass is 16.6. The smallest absolute Gasteiger partial charge is 0.275 e. The Morgan fingerprint density at radius 2 is 2.11 bits per heavy atom. The number of rotatable bonds is 8. The lowest BCUT2D eigenvalue weighted by Gasteiger charge is -2.08. The molecule has 100 valence electrons. The zero-order valence-corrected chi connectivity index (χ0v) is 10.4. The molecule has 0 aliphatic rings. The topological polar surface area (TPSA) is 84.6 Å². The number of nitro groups is 1. The quantitative estimate of drug-likeness (QED) is 0.422. The van der Waals surface area contributed by atoms with Crippen LogP contribution in [0.1, 0.15) is 19.3 Å². The van der Waals surface area contributed by atoms with Crippen LogP contribution >= 0.6 is 0 Å². The lowest BCUT2D eigenvalue weighted by molar-refractivity contribution is -0.384. The fourth-order valence-corrected chi connectivity index (χ4v) is 1.55. The summed E-state index contributed by atoms with van der Waals surface area (Å²) in [5.74, 6) is 0.460. The minimum atomic E-state index is -0.445. The van der Waals surface area contributed by atoms with E-state index in [0.29, 0.717) is 18.0 Å². The second kappa shape index (κ2) is 7.50. The first-order valence-corrected chi connectivity index (χ1v) is 5.85. The third-order valence-corrected chi connectivity index (χ3v) is 2.50. The summed E-state index contributed by atoms with van der Waals surface area (Å²) < 4.78 is 5.01. The number of unbranched alkanes of at least 4 members (excludes halogenated alkanes) is 2. The van der Waals surface area contributed by atoms with E-state index in [1.807, 2.05) is 0 Å². The highest BCUT2D eigenvalue weighted by molar-refractivity contribution is 5.56. The van der Waals surface area contributed by atoms with E-state index in [0.717, 1.165) is 19.3 Å². The second-order valence-corrected chi connectivity index (χ2v) is 3.89. The van der Waals surface area contributed by atoms with E-state index >= 15 is 0 Å². The largest absolute Gasteiger partial charge is 0.496 e. The first-order valence-electron chi connectivity index (χ1n) is 5.85. The number of ether oxygens (including phenoxy) is 1. The van der Waals surface area contributed by atoms with Crippen molar-refractivity contribution >= 4 is 11.4 Å². The minimum absolute atomic E-state index is 0.00667. The van der Waals surface area contributed by atoms with Crippen LogP contribution in [0.3, 0.4) is 0 Å². The van der Waals surface area contributed by atoms with Crippen LogP contribution < -0.4 is 10.1 Å². The van der Waals surface area contributed by atoms with E-state index in [-0.39, 0.29) is 12.3 Å². The molecule has 18 heavy (non-hydrogen) atoms. The average Bonchev–Trinajstić information content (AvgIpc) is 2.38. The molecule has 0 fully saturated rings. The number of nitrogens with zero attached hydrogens (tertiary/aromatic N) is 1. The standard InChI is InChI=1S/C12H18N2O4/c1-18-12-8-10(7-11(9-12)14(16)17)13-5-3-2-4-6-15/h7-9,13,15H,2-6H2,1H3. The Hall–Kier alpha value is -1.82. The van der Waals surface area contributed by atoms with Crippen LogP contribution in [0.4, 0.5) is 11.4 Å². The molecule has 0 aliphatic heterocycles. The Morgan fingerprint density at radius 3 is 2.72 bits per heavy atom. The number of non-ortho nitro benzene ring substituents is 1. The van der Waals surface area contributed by atoms with Crippen LogP contribution in [0.5, 0.6) is 5.75 Å². The first-order chi connectivity index (χ1) is 8.67. The number of hydrogen-bond acceptors (Lipinski definition) is 5. The van der Waals surface area contributed by atoms with E-state index in [2.05, 4.69) is 5.32 Å². The molecular weight excluding hydrogens is 236 g/mol. The van der Waals surface area contributed by atoms with Gasteiger partial charge in [0.1, 0.15) is 5.75 Å². The van der Waals surface area contributed by atoms with Crippen LogP contribution in [0.15, 0.2) is 18.2 Å². The van der Waals surface area contributed by atoms with E-state index in [1.165, 1.54) is 19.2 Å². The Balaban J connectivity index is 2.58. The first kappa shape index (κ1) is 14.2. The van der Waals surface area contributed by atoms with Crippen LogP contribution in [0, 0.1) is 10.1 Å². The van der Waals surface area contributed by atoms with Crippen molar-refractivity contribution in [3.8, 4) is 5.75 Å². The summed E-state index contributed by atoms with van der Waals surface area (Å²) in [6.45, 7) is 0.912. The molecule has 0 bridgehead atoms. The molecule has 0 saturated carbocycles. The molecular formula is C12H18N2O4. The summed E-state index contributed by atoms with van der Waals surface area (Å²) in [5, 5.41) is 22.5. The van der Waals surface area contributed by atoms with Gasteiger partial charge < -0.3 is 15.2 Å². The minimum Gasteiger partial charge on any atom is -0.496 e. The fourth-order valence-electron chi connectivity index (χ4n) is 1.55. The van der Waals surface area contributed by atoms with E-state index in [1.54, 1.807) is 6.07 Å². The van der Waals surface area contributed by atoms with Gasteiger partial charge >= 0.3 is 0 Å². The second-order valence-electron chi connectivity index (χ2n) is 3.89. The van der Waals surface area contributed by atoms with Gasteiger partial charge in [-0.3, -0.25) is 10.1 Å². The van der Waals surface area contributed by atoms with Gasteiger partial charge in [0.15, 0.2) is 0 Å². The van der Waals surface area contributed by atoms with Crippen molar-refractivity contribution in [1.82, 2.24) is 0 Å². The summed E-state index contributed by atoms with van der Waals surface area (Å²) >= 11 is 0. The molecule has 0 spiro atoms. The van der Waals surface area contributed by atoms with Crippen molar-refractivity contribution in [2.45, 2.75) is 19.3 Å². The molecule has 0 atom stereocenters. The monoisotopic (exact) mass is 254 g/mol. The summed E-state index contributed by atoms with van der Waals surface area (Å²) in [4.78, 5) is 10.3. The molecule has 6 heteroatoms. The van der Waals surface area contributed by atoms with Gasteiger partial charge in [0, 0.05) is 31.0 Å². The molecule has 0 saturated heterocycles. The van der Waals surface area contributed by atoms with Crippen molar-refractivity contribution < 1.29 is 14.8 Å². The number of hydrogen-bond donors (Lipinski definition) is 2. The lowest BCUT2D eigenvalue weighted by Crippen LogP contribution is -2.03. The number of methoxy groups -OCH3 is 1. The summed E-state index contributed by atoms with van der Waals surface area (Å²) in [6.07, 6.45) is 2.61.